The molecule has 0 saturated heterocycles. The molecule has 0 radical (unpaired) electrons. The molecule has 2 aromatic rings. The molecule has 0 saturated carbocycles. The number of hydrogen-bond donors (Lipinski definition) is 2. The van der Waals surface area contributed by atoms with Crippen LogP contribution in [0.15, 0.2) is 24.4 Å². The number of benzene rings is 1. The van der Waals surface area contributed by atoms with Gasteiger partial charge in [0, 0.05) is 29.3 Å². The van der Waals surface area contributed by atoms with Crippen LogP contribution in [-0.2, 0) is 0 Å². The molecule has 5 heteroatoms. The van der Waals surface area contributed by atoms with E-state index in [-0.39, 0.29) is 5.69 Å². The second-order valence-electron chi connectivity index (χ2n) is 3.41. The molecule has 0 spiro atoms. The number of rotatable bonds is 2. The van der Waals surface area contributed by atoms with Gasteiger partial charge in [0.1, 0.15) is 0 Å². The topological polar surface area (TPSA) is 79.2 Å². The van der Waals surface area contributed by atoms with Crippen molar-refractivity contribution in [3.05, 3.63) is 40.1 Å². The van der Waals surface area contributed by atoms with E-state index in [9.17, 15) is 15.2 Å². The summed E-state index contributed by atoms with van der Waals surface area (Å²) in [5, 5.41) is 20.8. The van der Waals surface area contributed by atoms with Gasteiger partial charge in [0.15, 0.2) is 0 Å². The number of nitro groups is 1. The minimum Gasteiger partial charge on any atom is -0.389 e. The molecule has 2 N–H and O–H groups in total. The summed E-state index contributed by atoms with van der Waals surface area (Å²) in [7, 11) is 0. The lowest BCUT2D eigenvalue weighted by Crippen LogP contribution is -1.89. The number of aromatic amines is 1. The van der Waals surface area contributed by atoms with E-state index >= 15 is 0 Å². The molecule has 5 nitrogen and oxygen atoms in total. The van der Waals surface area contributed by atoms with Crippen molar-refractivity contribution >= 4 is 16.6 Å². The van der Waals surface area contributed by atoms with Gasteiger partial charge >= 0.3 is 0 Å². The van der Waals surface area contributed by atoms with Crippen molar-refractivity contribution in [2.75, 3.05) is 0 Å². The van der Waals surface area contributed by atoms with Crippen LogP contribution in [0.25, 0.3) is 10.9 Å². The van der Waals surface area contributed by atoms with Crippen molar-refractivity contribution < 1.29 is 10.0 Å². The molecule has 78 valence electrons. The van der Waals surface area contributed by atoms with Gasteiger partial charge in [0.05, 0.1) is 16.5 Å². The average Bonchev–Trinajstić information content (AvgIpc) is 2.59. The van der Waals surface area contributed by atoms with E-state index < -0.39 is 11.0 Å². The van der Waals surface area contributed by atoms with Crippen LogP contribution >= 0.6 is 0 Å². The summed E-state index contributed by atoms with van der Waals surface area (Å²) in [6.07, 6.45) is 1.08. The fourth-order valence-electron chi connectivity index (χ4n) is 1.60. The number of nitrogens with zero attached hydrogens (tertiary/aromatic N) is 1. The van der Waals surface area contributed by atoms with E-state index in [0.29, 0.717) is 5.52 Å². The number of H-pyrrole nitrogens is 1. The highest BCUT2D eigenvalue weighted by molar-refractivity contribution is 5.85. The van der Waals surface area contributed by atoms with Gasteiger partial charge in [-0.3, -0.25) is 10.1 Å². The van der Waals surface area contributed by atoms with Crippen molar-refractivity contribution in [1.29, 1.82) is 0 Å². The maximum Gasteiger partial charge on any atom is 0.271 e. The Kier molecular flexibility index (Phi) is 2.17. The number of aliphatic hydroxyl groups is 1. The van der Waals surface area contributed by atoms with Gasteiger partial charge in [0.2, 0.25) is 0 Å². The minimum atomic E-state index is -0.583. The number of non-ortho nitro benzene ring substituents is 1. The largest absolute Gasteiger partial charge is 0.389 e. The first-order chi connectivity index (χ1) is 7.09. The third-order valence-electron chi connectivity index (χ3n) is 2.36. The molecule has 0 aliphatic rings. The van der Waals surface area contributed by atoms with Crippen LogP contribution in [0.5, 0.6) is 0 Å². The highest BCUT2D eigenvalue weighted by Crippen LogP contribution is 2.26. The molecule has 1 atom stereocenters. The molecule has 0 amide bonds. The Bertz CT molecular complexity index is 516. The third kappa shape index (κ3) is 1.57. The van der Waals surface area contributed by atoms with Crippen molar-refractivity contribution in [1.82, 2.24) is 4.98 Å². The van der Waals surface area contributed by atoms with Crippen molar-refractivity contribution in [3.8, 4) is 0 Å². The van der Waals surface area contributed by atoms with Gasteiger partial charge in [0.25, 0.3) is 5.69 Å². The molecule has 1 aromatic heterocycles. The predicted molar refractivity (Wildman–Crippen MR) is 55.6 cm³/mol. The van der Waals surface area contributed by atoms with Gasteiger partial charge < -0.3 is 10.1 Å². The van der Waals surface area contributed by atoms with E-state index in [4.69, 9.17) is 0 Å². The lowest BCUT2D eigenvalue weighted by Gasteiger charge is -2.00. The van der Waals surface area contributed by atoms with Crippen LogP contribution in [0.3, 0.4) is 0 Å². The molecular weight excluding hydrogens is 196 g/mol. The molecule has 0 aliphatic heterocycles. The maximum absolute atomic E-state index is 10.5. The quantitative estimate of drug-likeness (QED) is 0.583. The van der Waals surface area contributed by atoms with Gasteiger partial charge in [-0.2, -0.15) is 0 Å². The van der Waals surface area contributed by atoms with Crippen LogP contribution in [0, 0.1) is 10.1 Å². The van der Waals surface area contributed by atoms with Crippen LogP contribution < -0.4 is 0 Å². The first-order valence-corrected chi connectivity index (χ1v) is 4.53. The normalized spacial score (nSPS) is 12.9. The summed E-state index contributed by atoms with van der Waals surface area (Å²) in [5.41, 5.74) is 1.46. The summed E-state index contributed by atoms with van der Waals surface area (Å²) in [6.45, 7) is 1.66. The van der Waals surface area contributed by atoms with Crippen LogP contribution in [0.4, 0.5) is 5.69 Å². The van der Waals surface area contributed by atoms with Crippen LogP contribution in [0.2, 0.25) is 0 Å². The summed E-state index contributed by atoms with van der Waals surface area (Å²) >= 11 is 0. The zero-order valence-electron chi connectivity index (χ0n) is 8.10. The number of nitrogens with one attached hydrogen (secondary N) is 1. The second-order valence-corrected chi connectivity index (χ2v) is 3.41. The van der Waals surface area contributed by atoms with Gasteiger partial charge in [-0.15, -0.1) is 0 Å². The van der Waals surface area contributed by atoms with Gasteiger partial charge in [-0.05, 0) is 13.0 Å². The predicted octanol–water partition coefficient (Wildman–Crippen LogP) is 2.13. The fourth-order valence-corrected chi connectivity index (χ4v) is 1.60. The molecule has 0 aliphatic carbocycles. The molecule has 1 aromatic carbocycles. The smallest absolute Gasteiger partial charge is 0.271 e. The summed E-state index contributed by atoms with van der Waals surface area (Å²) in [6, 6.07) is 4.54. The van der Waals surface area contributed by atoms with Crippen LogP contribution in [-0.4, -0.2) is 15.0 Å². The Balaban J connectivity index is 2.61. The second kappa shape index (κ2) is 3.36. The summed E-state index contributed by atoms with van der Waals surface area (Å²) in [5.74, 6) is 0. The van der Waals surface area contributed by atoms with E-state index in [1.165, 1.54) is 12.1 Å². The average molecular weight is 206 g/mol. The Hall–Kier alpha value is -1.88. The maximum atomic E-state index is 10.5. The summed E-state index contributed by atoms with van der Waals surface area (Å²) < 4.78 is 0. The molecule has 15 heavy (non-hydrogen) atoms. The van der Waals surface area contributed by atoms with E-state index in [1.54, 1.807) is 19.2 Å². The van der Waals surface area contributed by atoms with Crippen molar-refractivity contribution in [3.63, 3.8) is 0 Å². The van der Waals surface area contributed by atoms with E-state index in [2.05, 4.69) is 4.98 Å². The van der Waals surface area contributed by atoms with Crippen LogP contribution in [0.1, 0.15) is 18.6 Å². The molecule has 2 rings (SSSR count). The lowest BCUT2D eigenvalue weighted by molar-refractivity contribution is -0.384. The minimum absolute atomic E-state index is 0.0430. The number of aliphatic hydroxyl groups excluding tert-OH is 1. The molecular formula is C10H10N2O3. The fraction of sp³-hybridized carbons (Fsp3) is 0.200. The van der Waals surface area contributed by atoms with Crippen molar-refractivity contribution in [2.45, 2.75) is 13.0 Å². The molecule has 0 unspecified atom stereocenters. The standard InChI is InChI=1S/C10H10N2O3/c1-6(13)9-5-11-10-4-7(12(14)15)2-3-8(9)10/h2-6,11,13H,1H3/t6-/m0/s1. The van der Waals surface area contributed by atoms with E-state index in [1.807, 2.05) is 0 Å². The monoisotopic (exact) mass is 206 g/mol. The SMILES string of the molecule is C[C@H](O)c1c[nH]c2cc([N+](=O)[O-])ccc12. The summed E-state index contributed by atoms with van der Waals surface area (Å²) in [4.78, 5) is 13.0. The number of aromatic nitrogens is 1. The number of nitro benzene ring substituents is 1. The lowest BCUT2D eigenvalue weighted by atomic mass is 10.1. The third-order valence-corrected chi connectivity index (χ3v) is 2.36. The van der Waals surface area contributed by atoms with Gasteiger partial charge in [-0.1, -0.05) is 0 Å². The Morgan fingerprint density at radius 1 is 1.53 bits per heavy atom. The molecule has 0 bridgehead atoms. The highest BCUT2D eigenvalue weighted by Gasteiger charge is 2.12. The first kappa shape index (κ1) is 9.67. The highest BCUT2D eigenvalue weighted by atomic mass is 16.6. The van der Waals surface area contributed by atoms with Gasteiger partial charge in [-0.25, -0.2) is 0 Å². The zero-order chi connectivity index (χ0) is 11.0. The Morgan fingerprint density at radius 2 is 2.27 bits per heavy atom. The molecule has 0 fully saturated rings. The van der Waals surface area contributed by atoms with Crippen molar-refractivity contribution in [2.24, 2.45) is 0 Å². The number of fused-ring (bicyclic) bond motifs is 1. The molecule has 1 heterocycles. The zero-order valence-corrected chi connectivity index (χ0v) is 8.10. The Morgan fingerprint density at radius 3 is 2.87 bits per heavy atom. The number of hydrogen-bond acceptors (Lipinski definition) is 3. The Labute approximate surface area is 85.5 Å². The van der Waals surface area contributed by atoms with E-state index in [0.717, 1.165) is 10.9 Å². The first-order valence-electron chi connectivity index (χ1n) is 4.53.